The van der Waals surface area contributed by atoms with Gasteiger partial charge in [-0.15, -0.1) is 0 Å². The maximum Gasteiger partial charge on any atom is 0.259 e. The molecular weight excluding hydrogens is 332 g/mol. The van der Waals surface area contributed by atoms with E-state index >= 15 is 0 Å². The summed E-state index contributed by atoms with van der Waals surface area (Å²) >= 11 is 0. The van der Waals surface area contributed by atoms with Crippen LogP contribution >= 0.6 is 0 Å². The van der Waals surface area contributed by atoms with Crippen LogP contribution in [0.3, 0.4) is 0 Å². The van der Waals surface area contributed by atoms with Crippen molar-refractivity contribution in [1.82, 2.24) is 20.4 Å². The van der Waals surface area contributed by atoms with Gasteiger partial charge in [-0.2, -0.15) is 0 Å². The lowest BCUT2D eigenvalue weighted by atomic mass is 9.98. The van der Waals surface area contributed by atoms with Crippen LogP contribution < -0.4 is 27.6 Å². The Morgan fingerprint density at radius 2 is 1.96 bits per heavy atom. The Morgan fingerprint density at radius 3 is 2.50 bits per heavy atom. The molecule has 2 aliphatic rings. The van der Waals surface area contributed by atoms with E-state index in [4.69, 9.17) is 5.73 Å². The van der Waals surface area contributed by atoms with Crippen LogP contribution in [0.25, 0.3) is 0 Å². The van der Waals surface area contributed by atoms with Crippen LogP contribution in [-0.4, -0.2) is 27.3 Å². The summed E-state index contributed by atoms with van der Waals surface area (Å²) in [5.41, 5.74) is 17.4. The van der Waals surface area contributed by atoms with E-state index in [9.17, 15) is 9.90 Å². The van der Waals surface area contributed by atoms with Crippen molar-refractivity contribution in [2.75, 3.05) is 12.5 Å². The van der Waals surface area contributed by atoms with Crippen molar-refractivity contribution in [1.29, 1.82) is 0 Å². The van der Waals surface area contributed by atoms with Gasteiger partial charge in [-0.05, 0) is 32.8 Å². The topological polar surface area (TPSA) is 108 Å². The maximum absolute atomic E-state index is 13.0. The van der Waals surface area contributed by atoms with Gasteiger partial charge in [-0.25, -0.2) is 10.9 Å². The molecule has 26 heavy (non-hydrogen) atoms. The third-order valence-corrected chi connectivity index (χ3v) is 5.35. The zero-order valence-corrected chi connectivity index (χ0v) is 16.3. The normalized spacial score (nSPS) is 23.9. The summed E-state index contributed by atoms with van der Waals surface area (Å²) < 4.78 is 1.77. The van der Waals surface area contributed by atoms with E-state index in [0.717, 1.165) is 11.3 Å². The number of nitrogens with two attached hydrogens (primary N) is 1. The minimum atomic E-state index is -0.971. The number of likely N-dealkylation sites (N-methyl/N-ethyl adjacent to an activating group) is 1. The van der Waals surface area contributed by atoms with Gasteiger partial charge in [0, 0.05) is 24.8 Å². The number of hydrogen-bond donors (Lipinski definition) is 5. The number of pyridine rings is 1. The molecule has 8 heteroatoms. The highest BCUT2D eigenvalue weighted by Gasteiger charge is 2.35. The summed E-state index contributed by atoms with van der Waals surface area (Å²) in [6, 6.07) is -0.141. The molecule has 0 saturated heterocycles. The van der Waals surface area contributed by atoms with E-state index in [1.54, 1.807) is 18.4 Å². The summed E-state index contributed by atoms with van der Waals surface area (Å²) in [5.74, 6) is 0.304. The number of anilines is 1. The Kier molecular flexibility index (Phi) is 4.64. The fourth-order valence-corrected chi connectivity index (χ4v) is 3.54. The quantitative estimate of drug-likeness (QED) is 0.546. The lowest BCUT2D eigenvalue weighted by Crippen LogP contribution is -2.37. The highest BCUT2D eigenvalue weighted by Crippen LogP contribution is 2.36. The molecule has 0 aromatic carbocycles. The van der Waals surface area contributed by atoms with Crippen LogP contribution in [0, 0.1) is 5.92 Å². The van der Waals surface area contributed by atoms with Crippen LogP contribution in [0.1, 0.15) is 64.0 Å². The van der Waals surface area contributed by atoms with Gasteiger partial charge in [0.25, 0.3) is 5.56 Å². The predicted molar refractivity (Wildman–Crippen MR) is 102 cm³/mol. The van der Waals surface area contributed by atoms with E-state index in [2.05, 4.69) is 30.1 Å². The Bertz CT molecular complexity index is 792. The van der Waals surface area contributed by atoms with Crippen molar-refractivity contribution in [3.63, 3.8) is 0 Å². The van der Waals surface area contributed by atoms with Gasteiger partial charge in [-0.1, -0.05) is 13.8 Å². The van der Waals surface area contributed by atoms with Gasteiger partial charge in [0.1, 0.15) is 6.17 Å². The molecule has 144 valence electrons. The molecule has 0 bridgehead atoms. The molecule has 0 spiro atoms. The van der Waals surface area contributed by atoms with Gasteiger partial charge in [0.2, 0.25) is 0 Å². The highest BCUT2D eigenvalue weighted by molar-refractivity contribution is 5.62. The molecular formula is C18H30N6O2. The van der Waals surface area contributed by atoms with Gasteiger partial charge in [0.15, 0.2) is 0 Å². The molecule has 3 rings (SSSR count). The minimum Gasteiger partial charge on any atom is -0.384 e. The Morgan fingerprint density at radius 1 is 1.31 bits per heavy atom. The third kappa shape index (κ3) is 3.03. The lowest BCUT2D eigenvalue weighted by molar-refractivity contribution is 0.0822. The van der Waals surface area contributed by atoms with Crippen molar-refractivity contribution >= 4 is 5.69 Å². The van der Waals surface area contributed by atoms with Crippen LogP contribution in [0.5, 0.6) is 0 Å². The lowest BCUT2D eigenvalue weighted by Gasteiger charge is -2.27. The molecule has 0 saturated carbocycles. The largest absolute Gasteiger partial charge is 0.384 e. The number of nitrogens with one attached hydrogen (secondary N) is 3. The number of nitrogens with zero attached hydrogens (tertiary/aromatic N) is 2. The zero-order valence-electron chi connectivity index (χ0n) is 16.3. The Balaban J connectivity index is 2.16. The number of rotatable bonds is 4. The number of hydrazine groups is 2. The number of hydrogen-bond acceptors (Lipinski definition) is 7. The molecule has 3 atom stereocenters. The number of aliphatic hydroxyl groups is 1. The maximum atomic E-state index is 13.0. The second-order valence-electron chi connectivity index (χ2n) is 8.09. The summed E-state index contributed by atoms with van der Waals surface area (Å²) in [6.07, 6.45) is 3.32. The third-order valence-electron chi connectivity index (χ3n) is 5.35. The number of fused-ring (bicyclic) bond motifs is 1. The zero-order chi connectivity index (χ0) is 19.4. The molecule has 0 fully saturated rings. The first-order valence-corrected chi connectivity index (χ1v) is 9.03. The van der Waals surface area contributed by atoms with Gasteiger partial charge in [0.05, 0.1) is 28.6 Å². The first-order valence-electron chi connectivity index (χ1n) is 9.03. The van der Waals surface area contributed by atoms with Gasteiger partial charge in [-0.3, -0.25) is 4.79 Å². The van der Waals surface area contributed by atoms with Crippen molar-refractivity contribution < 1.29 is 5.11 Å². The molecule has 1 aromatic heterocycles. The average Bonchev–Trinajstić information content (AvgIpc) is 3.10. The van der Waals surface area contributed by atoms with Crippen molar-refractivity contribution in [2.45, 2.75) is 58.5 Å². The van der Waals surface area contributed by atoms with Crippen LogP contribution in [0.2, 0.25) is 0 Å². The second-order valence-corrected chi connectivity index (χ2v) is 8.09. The van der Waals surface area contributed by atoms with E-state index < -0.39 is 11.8 Å². The van der Waals surface area contributed by atoms with E-state index in [0.29, 0.717) is 17.2 Å². The molecule has 3 unspecified atom stereocenters. The molecule has 0 amide bonds. The minimum absolute atomic E-state index is 0.0382. The Hall–Kier alpha value is -1.87. The Labute approximate surface area is 154 Å². The fraction of sp³-hybridized carbons (Fsp3) is 0.611. The second kappa shape index (κ2) is 6.38. The SMILES string of the molecule is CC(C)C(C)n1cc(C2C=C(C(C)(C)O)N(C)N2)c2c(c1=O)C(N)NN2. The highest BCUT2D eigenvalue weighted by atomic mass is 16.3. The first-order chi connectivity index (χ1) is 12.0. The van der Waals surface area contributed by atoms with Crippen molar-refractivity contribution in [3.8, 4) is 0 Å². The molecule has 1 aromatic rings. The molecule has 2 aliphatic heterocycles. The van der Waals surface area contributed by atoms with E-state index in [1.165, 1.54) is 0 Å². The smallest absolute Gasteiger partial charge is 0.259 e. The van der Waals surface area contributed by atoms with Crippen molar-refractivity contribution in [3.05, 3.63) is 39.5 Å². The standard InChI is InChI=1S/C18H30N6O2/c1-9(2)10(3)24-8-11(15-14(17(24)25)16(19)21-20-15)12-7-13(18(4,5)26)23(6)22-12/h7-10,12,16,20-22,26H,19H2,1-6H3. The van der Waals surface area contributed by atoms with Crippen LogP contribution in [0.4, 0.5) is 5.69 Å². The van der Waals surface area contributed by atoms with Gasteiger partial charge < -0.3 is 25.8 Å². The van der Waals surface area contributed by atoms with E-state index in [1.807, 2.05) is 31.3 Å². The average molecular weight is 362 g/mol. The summed E-state index contributed by atoms with van der Waals surface area (Å²) in [4.78, 5) is 13.0. The molecule has 3 heterocycles. The van der Waals surface area contributed by atoms with Crippen molar-refractivity contribution in [2.24, 2.45) is 11.7 Å². The van der Waals surface area contributed by atoms with Crippen LogP contribution in [0.15, 0.2) is 22.8 Å². The molecule has 0 radical (unpaired) electrons. The molecule has 8 nitrogen and oxygen atoms in total. The summed E-state index contributed by atoms with van der Waals surface area (Å²) in [6.45, 7) is 9.72. The predicted octanol–water partition coefficient (Wildman–Crippen LogP) is 1.10. The summed E-state index contributed by atoms with van der Waals surface area (Å²) in [5, 5.41) is 12.2. The first kappa shape index (κ1) is 18.9. The van der Waals surface area contributed by atoms with Gasteiger partial charge >= 0.3 is 0 Å². The summed E-state index contributed by atoms with van der Waals surface area (Å²) in [7, 11) is 1.87. The monoisotopic (exact) mass is 362 g/mol. The number of aromatic nitrogens is 1. The van der Waals surface area contributed by atoms with Crippen LogP contribution in [-0.2, 0) is 0 Å². The molecule has 0 aliphatic carbocycles. The fourth-order valence-electron chi connectivity index (χ4n) is 3.54. The van der Waals surface area contributed by atoms with E-state index in [-0.39, 0.29) is 17.6 Å². The molecule has 6 N–H and O–H groups in total.